The summed E-state index contributed by atoms with van der Waals surface area (Å²) in [5, 5.41) is 9.60. The molecule has 12 heavy (non-hydrogen) atoms. The third-order valence-corrected chi connectivity index (χ3v) is 2.02. The van der Waals surface area contributed by atoms with Gasteiger partial charge in [-0.3, -0.25) is 0 Å². The predicted molar refractivity (Wildman–Crippen MR) is 49.3 cm³/mol. The molecule has 0 fully saturated rings. The van der Waals surface area contributed by atoms with Crippen molar-refractivity contribution in [2.75, 3.05) is 11.6 Å². The number of pyridine rings is 1. The van der Waals surface area contributed by atoms with Crippen molar-refractivity contribution in [1.82, 2.24) is 4.98 Å². The molecule has 0 radical (unpaired) electrons. The Morgan fingerprint density at radius 1 is 1.67 bits per heavy atom. The van der Waals surface area contributed by atoms with Crippen LogP contribution >= 0.6 is 23.2 Å². The minimum absolute atomic E-state index is 0.113. The first-order valence-corrected chi connectivity index (χ1v) is 4.21. The van der Waals surface area contributed by atoms with Gasteiger partial charge in [0.1, 0.15) is 5.82 Å². The molecule has 1 atom stereocenters. The summed E-state index contributed by atoms with van der Waals surface area (Å²) < 4.78 is 0. The highest BCUT2D eigenvalue weighted by Crippen LogP contribution is 2.21. The van der Waals surface area contributed by atoms with Gasteiger partial charge in [-0.15, -0.1) is 11.6 Å². The summed E-state index contributed by atoms with van der Waals surface area (Å²) in [5.74, 6) is 0.365. The van der Waals surface area contributed by atoms with Gasteiger partial charge in [0.15, 0.2) is 0 Å². The Hall–Kier alpha value is -0.510. The van der Waals surface area contributed by atoms with Gasteiger partial charge in [0.05, 0.1) is 17.0 Å². The van der Waals surface area contributed by atoms with Crippen LogP contribution in [0.25, 0.3) is 0 Å². The fraction of sp³-hybridized carbons (Fsp3) is 0.286. The van der Waals surface area contributed by atoms with Crippen LogP contribution in [0.2, 0.25) is 5.02 Å². The summed E-state index contributed by atoms with van der Waals surface area (Å²) in [6.07, 6.45) is 0.714. The quantitative estimate of drug-likeness (QED) is 0.724. The van der Waals surface area contributed by atoms with Crippen LogP contribution in [-0.2, 0) is 0 Å². The Bertz CT molecular complexity index is 280. The number of rotatable bonds is 2. The van der Waals surface area contributed by atoms with E-state index in [9.17, 15) is 5.11 Å². The molecule has 1 unspecified atom stereocenters. The van der Waals surface area contributed by atoms with Crippen molar-refractivity contribution in [2.24, 2.45) is 0 Å². The van der Waals surface area contributed by atoms with Crippen LogP contribution in [0.4, 0.5) is 5.82 Å². The second kappa shape index (κ2) is 3.94. The van der Waals surface area contributed by atoms with Crippen molar-refractivity contribution >= 4 is 29.0 Å². The van der Waals surface area contributed by atoms with Crippen molar-refractivity contribution in [1.29, 1.82) is 0 Å². The molecule has 0 saturated heterocycles. The van der Waals surface area contributed by atoms with E-state index in [1.54, 1.807) is 6.07 Å². The maximum atomic E-state index is 9.27. The lowest BCUT2D eigenvalue weighted by Gasteiger charge is -2.06. The first-order valence-electron chi connectivity index (χ1n) is 3.30. The average Bonchev–Trinajstić information content (AvgIpc) is 2.08. The molecule has 1 heterocycles. The number of aliphatic hydroxyl groups is 1. The molecule has 0 aliphatic carbocycles. The Kier molecular flexibility index (Phi) is 3.14. The van der Waals surface area contributed by atoms with E-state index in [0.29, 0.717) is 10.6 Å². The minimum atomic E-state index is -0.739. The summed E-state index contributed by atoms with van der Waals surface area (Å²) in [6, 6.07) is 1.55. The molecule has 0 bridgehead atoms. The van der Waals surface area contributed by atoms with E-state index in [4.69, 9.17) is 28.9 Å². The van der Waals surface area contributed by atoms with Gasteiger partial charge in [0.2, 0.25) is 0 Å². The average molecular weight is 207 g/mol. The lowest BCUT2D eigenvalue weighted by molar-refractivity contribution is 0.202. The van der Waals surface area contributed by atoms with E-state index < -0.39 is 6.10 Å². The van der Waals surface area contributed by atoms with Crippen LogP contribution < -0.4 is 5.73 Å². The summed E-state index contributed by atoms with van der Waals surface area (Å²) in [7, 11) is 0. The van der Waals surface area contributed by atoms with Crippen LogP contribution in [0.3, 0.4) is 0 Å². The zero-order chi connectivity index (χ0) is 9.14. The second-order valence-corrected chi connectivity index (χ2v) is 3.02. The minimum Gasteiger partial charge on any atom is -0.387 e. The molecule has 0 aliphatic heterocycles. The van der Waals surface area contributed by atoms with Crippen molar-refractivity contribution in [2.45, 2.75) is 6.10 Å². The SMILES string of the molecule is Nc1ncc(C(O)CCl)cc1Cl. The van der Waals surface area contributed by atoms with E-state index in [-0.39, 0.29) is 11.7 Å². The molecule has 0 saturated carbocycles. The van der Waals surface area contributed by atoms with Crippen molar-refractivity contribution < 1.29 is 5.11 Å². The molecule has 1 rings (SSSR count). The molecular weight excluding hydrogens is 199 g/mol. The Balaban J connectivity index is 2.96. The van der Waals surface area contributed by atoms with Gasteiger partial charge in [-0.1, -0.05) is 11.6 Å². The summed E-state index contributed by atoms with van der Waals surface area (Å²) >= 11 is 11.1. The monoisotopic (exact) mass is 206 g/mol. The van der Waals surface area contributed by atoms with Crippen molar-refractivity contribution in [3.05, 3.63) is 22.8 Å². The highest BCUT2D eigenvalue weighted by Gasteiger charge is 2.07. The molecule has 1 aromatic heterocycles. The third-order valence-electron chi connectivity index (χ3n) is 1.42. The van der Waals surface area contributed by atoms with Crippen LogP contribution in [0.5, 0.6) is 0 Å². The number of aliphatic hydroxyl groups excluding tert-OH is 1. The molecule has 66 valence electrons. The Morgan fingerprint density at radius 3 is 2.83 bits per heavy atom. The zero-order valence-electron chi connectivity index (χ0n) is 6.17. The molecule has 5 heteroatoms. The zero-order valence-corrected chi connectivity index (χ0v) is 7.68. The number of hydrogen-bond donors (Lipinski definition) is 2. The Labute approximate surface area is 80.1 Å². The van der Waals surface area contributed by atoms with Gasteiger partial charge < -0.3 is 10.8 Å². The highest BCUT2D eigenvalue weighted by molar-refractivity contribution is 6.32. The standard InChI is InChI=1S/C7H8Cl2N2O/c8-2-6(12)4-1-5(9)7(10)11-3-4/h1,3,6,12H,2H2,(H2,10,11). The summed E-state index contributed by atoms with van der Waals surface area (Å²) in [5.41, 5.74) is 5.95. The van der Waals surface area contributed by atoms with Gasteiger partial charge in [-0.2, -0.15) is 0 Å². The molecule has 0 aliphatic rings. The fourth-order valence-corrected chi connectivity index (χ4v) is 1.09. The van der Waals surface area contributed by atoms with Gasteiger partial charge in [-0.05, 0) is 6.07 Å². The first-order chi connectivity index (χ1) is 5.65. The van der Waals surface area contributed by atoms with Crippen LogP contribution in [0, 0.1) is 0 Å². The number of alkyl halides is 1. The van der Waals surface area contributed by atoms with Crippen molar-refractivity contribution in [3.63, 3.8) is 0 Å². The Morgan fingerprint density at radius 2 is 2.33 bits per heavy atom. The van der Waals surface area contributed by atoms with E-state index in [2.05, 4.69) is 4.98 Å². The topological polar surface area (TPSA) is 59.1 Å². The smallest absolute Gasteiger partial charge is 0.142 e. The number of hydrogen-bond acceptors (Lipinski definition) is 3. The highest BCUT2D eigenvalue weighted by atomic mass is 35.5. The maximum Gasteiger partial charge on any atom is 0.142 e. The molecule has 0 spiro atoms. The lowest BCUT2D eigenvalue weighted by atomic mass is 10.2. The van der Waals surface area contributed by atoms with Crippen molar-refractivity contribution in [3.8, 4) is 0 Å². The number of halogens is 2. The molecular formula is C7H8Cl2N2O. The van der Waals surface area contributed by atoms with Crippen LogP contribution in [0.15, 0.2) is 12.3 Å². The van der Waals surface area contributed by atoms with E-state index in [0.717, 1.165) is 0 Å². The van der Waals surface area contributed by atoms with Gasteiger partial charge in [0.25, 0.3) is 0 Å². The van der Waals surface area contributed by atoms with E-state index in [1.165, 1.54) is 6.20 Å². The number of nitrogen functional groups attached to an aromatic ring is 1. The fourth-order valence-electron chi connectivity index (χ4n) is 0.735. The molecule has 0 aromatic carbocycles. The maximum absolute atomic E-state index is 9.27. The number of anilines is 1. The number of nitrogens with zero attached hydrogens (tertiary/aromatic N) is 1. The van der Waals surface area contributed by atoms with Gasteiger partial charge in [-0.25, -0.2) is 4.98 Å². The summed E-state index contributed by atoms with van der Waals surface area (Å²) in [4.78, 5) is 3.77. The normalized spacial score (nSPS) is 12.9. The predicted octanol–water partition coefficient (Wildman–Crippen LogP) is 1.59. The summed E-state index contributed by atoms with van der Waals surface area (Å²) in [6.45, 7) is 0. The number of aromatic nitrogens is 1. The largest absolute Gasteiger partial charge is 0.387 e. The first kappa shape index (κ1) is 9.58. The van der Waals surface area contributed by atoms with E-state index >= 15 is 0 Å². The second-order valence-electron chi connectivity index (χ2n) is 2.31. The van der Waals surface area contributed by atoms with Crippen LogP contribution in [-0.4, -0.2) is 16.0 Å². The molecule has 3 N–H and O–H groups in total. The van der Waals surface area contributed by atoms with E-state index in [1.807, 2.05) is 0 Å². The molecule has 1 aromatic rings. The van der Waals surface area contributed by atoms with Crippen LogP contribution in [0.1, 0.15) is 11.7 Å². The lowest BCUT2D eigenvalue weighted by Crippen LogP contribution is -2.01. The molecule has 0 amide bonds. The third kappa shape index (κ3) is 2.00. The molecule has 3 nitrogen and oxygen atoms in total. The van der Waals surface area contributed by atoms with Gasteiger partial charge >= 0.3 is 0 Å². The van der Waals surface area contributed by atoms with Gasteiger partial charge in [0, 0.05) is 11.8 Å². The number of nitrogens with two attached hydrogens (primary N) is 1.